The summed E-state index contributed by atoms with van der Waals surface area (Å²) in [5.74, 6) is 1.30. The predicted molar refractivity (Wildman–Crippen MR) is 54.0 cm³/mol. The Morgan fingerprint density at radius 2 is 2.36 bits per heavy atom. The Balaban J connectivity index is 2.57. The SMILES string of the molecule is Cn1nncc1-n1ccnc1C(N)=S. The zero-order chi connectivity index (χ0) is 10.1. The first-order valence-electron chi connectivity index (χ1n) is 3.88. The van der Waals surface area contributed by atoms with Crippen molar-refractivity contribution in [1.82, 2.24) is 24.5 Å². The van der Waals surface area contributed by atoms with E-state index >= 15 is 0 Å². The van der Waals surface area contributed by atoms with Crippen LogP contribution < -0.4 is 5.73 Å². The largest absolute Gasteiger partial charge is 0.387 e. The van der Waals surface area contributed by atoms with Crippen molar-refractivity contribution in [3.63, 3.8) is 0 Å². The molecule has 0 amide bonds. The molecule has 2 N–H and O–H groups in total. The van der Waals surface area contributed by atoms with Gasteiger partial charge in [0.25, 0.3) is 0 Å². The molecule has 0 aromatic carbocycles. The van der Waals surface area contributed by atoms with Crippen molar-refractivity contribution >= 4 is 17.2 Å². The molecular weight excluding hydrogens is 200 g/mol. The highest BCUT2D eigenvalue weighted by Gasteiger charge is 2.10. The molecule has 0 saturated carbocycles. The van der Waals surface area contributed by atoms with Crippen LogP contribution in [0.25, 0.3) is 5.82 Å². The third-order valence-corrected chi connectivity index (χ3v) is 1.98. The van der Waals surface area contributed by atoms with Gasteiger partial charge < -0.3 is 5.73 Å². The standard InChI is InChI=1S/C7H8N6S/c1-12-5(4-10-11-12)13-3-2-9-7(13)6(8)14/h2-4H,1H3,(H2,8,14). The minimum absolute atomic E-state index is 0.246. The topological polar surface area (TPSA) is 74.5 Å². The molecule has 0 aliphatic carbocycles. The third kappa shape index (κ3) is 1.27. The van der Waals surface area contributed by atoms with Gasteiger partial charge in [0.15, 0.2) is 11.6 Å². The lowest BCUT2D eigenvalue weighted by Gasteiger charge is -2.04. The van der Waals surface area contributed by atoms with E-state index in [1.54, 1.807) is 34.9 Å². The summed E-state index contributed by atoms with van der Waals surface area (Å²) in [6.45, 7) is 0. The summed E-state index contributed by atoms with van der Waals surface area (Å²) >= 11 is 4.86. The van der Waals surface area contributed by atoms with Crippen molar-refractivity contribution in [2.45, 2.75) is 0 Å². The van der Waals surface area contributed by atoms with E-state index in [-0.39, 0.29) is 4.99 Å². The van der Waals surface area contributed by atoms with E-state index in [0.29, 0.717) is 5.82 Å². The van der Waals surface area contributed by atoms with Crippen LogP contribution >= 0.6 is 12.2 Å². The molecule has 0 aliphatic heterocycles. The van der Waals surface area contributed by atoms with Gasteiger partial charge in [0, 0.05) is 19.4 Å². The van der Waals surface area contributed by atoms with Gasteiger partial charge in [0.05, 0.1) is 6.20 Å². The Morgan fingerprint density at radius 3 is 2.93 bits per heavy atom. The zero-order valence-corrected chi connectivity index (χ0v) is 8.27. The Hall–Kier alpha value is -1.76. The van der Waals surface area contributed by atoms with Gasteiger partial charge in [-0.2, -0.15) is 0 Å². The van der Waals surface area contributed by atoms with E-state index in [4.69, 9.17) is 18.0 Å². The molecule has 0 aliphatic rings. The summed E-state index contributed by atoms with van der Waals surface area (Å²) in [5, 5.41) is 7.57. The molecule has 0 unspecified atom stereocenters. The zero-order valence-electron chi connectivity index (χ0n) is 7.45. The van der Waals surface area contributed by atoms with Crippen LogP contribution in [0.2, 0.25) is 0 Å². The molecule has 0 radical (unpaired) electrons. The summed E-state index contributed by atoms with van der Waals surface area (Å²) < 4.78 is 3.35. The average Bonchev–Trinajstić information content (AvgIpc) is 2.70. The third-order valence-electron chi connectivity index (χ3n) is 1.80. The number of aromatic nitrogens is 5. The monoisotopic (exact) mass is 208 g/mol. The second-order valence-electron chi connectivity index (χ2n) is 2.70. The maximum atomic E-state index is 5.51. The van der Waals surface area contributed by atoms with E-state index in [1.165, 1.54) is 0 Å². The molecule has 2 aromatic heterocycles. The highest BCUT2D eigenvalue weighted by molar-refractivity contribution is 7.80. The Morgan fingerprint density at radius 1 is 1.57 bits per heavy atom. The number of thiocarbonyl (C=S) groups is 1. The Labute approximate surface area is 85.4 Å². The number of rotatable bonds is 2. The number of hydrogen-bond donors (Lipinski definition) is 1. The summed E-state index contributed by atoms with van der Waals surface area (Å²) in [4.78, 5) is 4.29. The smallest absolute Gasteiger partial charge is 0.173 e. The molecular formula is C7H8N6S. The fourth-order valence-electron chi connectivity index (χ4n) is 1.17. The van der Waals surface area contributed by atoms with E-state index in [0.717, 1.165) is 5.82 Å². The predicted octanol–water partition coefficient (Wildman–Crippen LogP) is -0.365. The van der Waals surface area contributed by atoms with Crippen molar-refractivity contribution in [3.8, 4) is 5.82 Å². The molecule has 6 nitrogen and oxygen atoms in total. The minimum atomic E-state index is 0.246. The van der Waals surface area contributed by atoms with E-state index in [9.17, 15) is 0 Å². The molecule has 2 aromatic rings. The first-order valence-corrected chi connectivity index (χ1v) is 4.29. The number of imidazole rings is 1. The van der Waals surface area contributed by atoms with Crippen LogP contribution in [-0.4, -0.2) is 29.5 Å². The van der Waals surface area contributed by atoms with Crippen molar-refractivity contribution < 1.29 is 0 Å². The maximum Gasteiger partial charge on any atom is 0.173 e. The van der Waals surface area contributed by atoms with Gasteiger partial charge in [-0.3, -0.25) is 4.57 Å². The lowest BCUT2D eigenvalue weighted by molar-refractivity contribution is 0.690. The lowest BCUT2D eigenvalue weighted by atomic mass is 10.5. The highest BCUT2D eigenvalue weighted by Crippen LogP contribution is 2.07. The molecule has 7 heteroatoms. The van der Waals surface area contributed by atoms with Crippen LogP contribution in [0.5, 0.6) is 0 Å². The molecule has 72 valence electrons. The average molecular weight is 208 g/mol. The molecule has 0 bridgehead atoms. The molecule has 0 atom stereocenters. The van der Waals surface area contributed by atoms with E-state index in [1.807, 2.05) is 0 Å². The normalized spacial score (nSPS) is 10.4. The summed E-state index contributed by atoms with van der Waals surface area (Å²) in [6, 6.07) is 0. The second kappa shape index (κ2) is 3.18. The first-order chi connectivity index (χ1) is 6.70. The van der Waals surface area contributed by atoms with Gasteiger partial charge >= 0.3 is 0 Å². The first kappa shape index (κ1) is 8.82. The Bertz CT molecular complexity index is 470. The van der Waals surface area contributed by atoms with Crippen molar-refractivity contribution in [2.75, 3.05) is 0 Å². The summed E-state index contributed by atoms with van der Waals surface area (Å²) in [7, 11) is 1.78. The molecule has 0 fully saturated rings. The van der Waals surface area contributed by atoms with Gasteiger partial charge in [0.1, 0.15) is 4.99 Å². The van der Waals surface area contributed by atoms with Gasteiger partial charge in [-0.15, -0.1) is 5.10 Å². The molecule has 0 spiro atoms. The van der Waals surface area contributed by atoms with Crippen LogP contribution in [0.3, 0.4) is 0 Å². The van der Waals surface area contributed by atoms with Crippen LogP contribution in [0.4, 0.5) is 0 Å². The lowest BCUT2D eigenvalue weighted by Crippen LogP contribution is -2.17. The van der Waals surface area contributed by atoms with Gasteiger partial charge in [-0.1, -0.05) is 17.4 Å². The van der Waals surface area contributed by atoms with Gasteiger partial charge in [-0.05, 0) is 0 Å². The summed E-state index contributed by atoms with van der Waals surface area (Å²) in [5.41, 5.74) is 5.51. The van der Waals surface area contributed by atoms with Crippen LogP contribution in [-0.2, 0) is 7.05 Å². The molecule has 2 rings (SSSR count). The number of nitrogens with two attached hydrogens (primary N) is 1. The molecule has 14 heavy (non-hydrogen) atoms. The van der Waals surface area contributed by atoms with E-state index < -0.39 is 0 Å². The minimum Gasteiger partial charge on any atom is -0.387 e. The number of nitrogens with zero attached hydrogens (tertiary/aromatic N) is 5. The van der Waals surface area contributed by atoms with Crippen molar-refractivity contribution in [1.29, 1.82) is 0 Å². The highest BCUT2D eigenvalue weighted by atomic mass is 32.1. The van der Waals surface area contributed by atoms with Gasteiger partial charge in [0.2, 0.25) is 0 Å². The second-order valence-corrected chi connectivity index (χ2v) is 3.14. The van der Waals surface area contributed by atoms with Crippen LogP contribution in [0, 0.1) is 0 Å². The van der Waals surface area contributed by atoms with Crippen LogP contribution in [0.15, 0.2) is 18.6 Å². The number of aryl methyl sites for hydroxylation is 1. The summed E-state index contributed by atoms with van der Waals surface area (Å²) in [6.07, 6.45) is 5.00. The van der Waals surface area contributed by atoms with Crippen molar-refractivity contribution in [3.05, 3.63) is 24.4 Å². The fraction of sp³-hybridized carbons (Fsp3) is 0.143. The van der Waals surface area contributed by atoms with Crippen LogP contribution in [0.1, 0.15) is 5.82 Å². The van der Waals surface area contributed by atoms with Gasteiger partial charge in [-0.25, -0.2) is 9.67 Å². The molecule has 0 saturated heterocycles. The fourth-order valence-corrected chi connectivity index (χ4v) is 1.32. The van der Waals surface area contributed by atoms with E-state index in [2.05, 4.69) is 15.3 Å². The maximum absolute atomic E-state index is 5.51. The quantitative estimate of drug-likeness (QED) is 0.682. The molecule has 2 heterocycles. The number of hydrogen-bond acceptors (Lipinski definition) is 4. The Kier molecular flexibility index (Phi) is 2.01. The van der Waals surface area contributed by atoms with Crippen molar-refractivity contribution in [2.24, 2.45) is 12.8 Å².